The van der Waals surface area contributed by atoms with E-state index in [2.05, 4.69) is 10.3 Å². The quantitative estimate of drug-likeness (QED) is 0.404. The summed E-state index contributed by atoms with van der Waals surface area (Å²) in [4.78, 5) is 39.0. The number of aromatic amines is 1. The van der Waals surface area contributed by atoms with Crippen LogP contribution in [0.3, 0.4) is 0 Å². The number of ether oxygens (including phenoxy) is 1. The number of aromatic carboxylic acids is 1. The van der Waals surface area contributed by atoms with Gasteiger partial charge < -0.3 is 20.1 Å². The van der Waals surface area contributed by atoms with Gasteiger partial charge in [-0.15, -0.1) is 0 Å². The molecule has 0 saturated carbocycles. The average Bonchev–Trinajstić information content (AvgIpc) is 2.83. The Morgan fingerprint density at radius 2 is 1.58 bits per heavy atom. The lowest BCUT2D eigenvalue weighted by Gasteiger charge is -2.08. The van der Waals surface area contributed by atoms with E-state index in [1.165, 1.54) is 12.1 Å². The fourth-order valence-electron chi connectivity index (χ4n) is 3.54. The minimum Gasteiger partial charge on any atom is -0.497 e. The summed E-state index contributed by atoms with van der Waals surface area (Å²) in [5, 5.41) is 12.7. The number of aromatic nitrogens is 1. The van der Waals surface area contributed by atoms with Gasteiger partial charge in [-0.2, -0.15) is 0 Å². The first-order chi connectivity index (χ1) is 15.9. The third-order valence-electron chi connectivity index (χ3n) is 5.39. The number of carboxylic acids is 1. The minimum atomic E-state index is -0.997. The Balaban J connectivity index is 1.52. The summed E-state index contributed by atoms with van der Waals surface area (Å²) in [5.74, 6) is -0.463. The summed E-state index contributed by atoms with van der Waals surface area (Å²) in [6.07, 6.45) is 0.346. The van der Waals surface area contributed by atoms with Crippen molar-refractivity contribution < 1.29 is 19.4 Å². The van der Waals surface area contributed by atoms with Crippen molar-refractivity contribution in [2.75, 3.05) is 7.11 Å². The maximum atomic E-state index is 12.7. The SMILES string of the molecule is COc1ccc(CNC(=O)c2ccc3[nH]c(=O)c(Cc4ccc(C(=O)O)cc4)cc3c2)cc1. The molecule has 0 fully saturated rings. The molecule has 166 valence electrons. The normalized spacial score (nSPS) is 10.7. The molecular weight excluding hydrogens is 420 g/mol. The Kier molecular flexibility index (Phi) is 6.22. The maximum Gasteiger partial charge on any atom is 0.335 e. The number of carboxylic acid groups (broad SMARTS) is 1. The Morgan fingerprint density at radius 1 is 0.909 bits per heavy atom. The smallest absolute Gasteiger partial charge is 0.335 e. The average molecular weight is 442 g/mol. The summed E-state index contributed by atoms with van der Waals surface area (Å²) >= 11 is 0. The fourth-order valence-corrected chi connectivity index (χ4v) is 3.54. The third-order valence-corrected chi connectivity index (χ3v) is 5.39. The van der Waals surface area contributed by atoms with E-state index in [1.54, 1.807) is 43.5 Å². The zero-order chi connectivity index (χ0) is 23.4. The molecule has 1 aromatic heterocycles. The zero-order valence-corrected chi connectivity index (χ0v) is 17.9. The second-order valence-electron chi connectivity index (χ2n) is 7.64. The van der Waals surface area contributed by atoms with Crippen LogP contribution >= 0.6 is 0 Å². The van der Waals surface area contributed by atoms with Crippen molar-refractivity contribution in [1.29, 1.82) is 0 Å². The highest BCUT2D eigenvalue weighted by atomic mass is 16.5. The lowest BCUT2D eigenvalue weighted by atomic mass is 10.0. The summed E-state index contributed by atoms with van der Waals surface area (Å²) in [6, 6.07) is 20.7. The molecule has 1 heterocycles. The highest BCUT2D eigenvalue weighted by molar-refractivity contribution is 5.98. The molecule has 0 aliphatic rings. The molecule has 0 saturated heterocycles. The lowest BCUT2D eigenvalue weighted by molar-refractivity contribution is 0.0696. The van der Waals surface area contributed by atoms with Crippen LogP contribution in [0.25, 0.3) is 10.9 Å². The van der Waals surface area contributed by atoms with Gasteiger partial charge >= 0.3 is 5.97 Å². The number of nitrogens with one attached hydrogen (secondary N) is 2. The Bertz CT molecular complexity index is 1370. The van der Waals surface area contributed by atoms with E-state index in [-0.39, 0.29) is 17.0 Å². The Morgan fingerprint density at radius 3 is 2.24 bits per heavy atom. The number of pyridine rings is 1. The van der Waals surface area contributed by atoms with Crippen LogP contribution in [-0.2, 0) is 13.0 Å². The van der Waals surface area contributed by atoms with Crippen molar-refractivity contribution >= 4 is 22.8 Å². The number of methoxy groups -OCH3 is 1. The van der Waals surface area contributed by atoms with Crippen LogP contribution in [0, 0.1) is 0 Å². The molecule has 4 rings (SSSR count). The molecule has 0 unspecified atom stereocenters. The molecule has 0 aliphatic carbocycles. The van der Waals surface area contributed by atoms with Crippen molar-refractivity contribution in [2.45, 2.75) is 13.0 Å². The summed E-state index contributed by atoms with van der Waals surface area (Å²) in [6.45, 7) is 0.379. The molecule has 4 aromatic rings. The van der Waals surface area contributed by atoms with E-state index in [4.69, 9.17) is 9.84 Å². The second-order valence-corrected chi connectivity index (χ2v) is 7.64. The van der Waals surface area contributed by atoms with E-state index in [1.807, 2.05) is 24.3 Å². The van der Waals surface area contributed by atoms with Gasteiger partial charge in [0.15, 0.2) is 0 Å². The number of amides is 1. The monoisotopic (exact) mass is 442 g/mol. The second kappa shape index (κ2) is 9.40. The third kappa shape index (κ3) is 5.10. The summed E-state index contributed by atoms with van der Waals surface area (Å²) < 4.78 is 5.14. The van der Waals surface area contributed by atoms with Crippen LogP contribution in [0.2, 0.25) is 0 Å². The number of carbonyl (C=O) groups excluding carboxylic acids is 1. The molecule has 0 radical (unpaired) electrons. The predicted molar refractivity (Wildman–Crippen MR) is 125 cm³/mol. The molecule has 0 bridgehead atoms. The number of rotatable bonds is 7. The highest BCUT2D eigenvalue weighted by Gasteiger charge is 2.10. The first-order valence-corrected chi connectivity index (χ1v) is 10.3. The molecule has 0 aliphatic heterocycles. The van der Waals surface area contributed by atoms with Gasteiger partial charge in [0.05, 0.1) is 12.7 Å². The van der Waals surface area contributed by atoms with Crippen LogP contribution in [0.5, 0.6) is 5.75 Å². The Hall–Kier alpha value is -4.39. The molecule has 33 heavy (non-hydrogen) atoms. The number of benzene rings is 3. The minimum absolute atomic E-state index is 0.191. The molecule has 7 heteroatoms. The number of carbonyl (C=O) groups is 2. The number of hydrogen-bond donors (Lipinski definition) is 3. The van der Waals surface area contributed by atoms with Crippen molar-refractivity contribution in [3.05, 3.63) is 111 Å². The van der Waals surface area contributed by atoms with E-state index < -0.39 is 5.97 Å². The molecule has 0 spiro atoms. The van der Waals surface area contributed by atoms with Gasteiger partial charge in [0, 0.05) is 29.6 Å². The van der Waals surface area contributed by atoms with Crippen molar-refractivity contribution in [2.24, 2.45) is 0 Å². The first-order valence-electron chi connectivity index (χ1n) is 10.3. The lowest BCUT2D eigenvalue weighted by Crippen LogP contribution is -2.22. The number of H-pyrrole nitrogens is 1. The Labute approximate surface area is 189 Å². The summed E-state index contributed by atoms with van der Waals surface area (Å²) in [7, 11) is 1.60. The van der Waals surface area contributed by atoms with Crippen molar-refractivity contribution in [3.63, 3.8) is 0 Å². The van der Waals surface area contributed by atoms with Gasteiger partial charge in [0.1, 0.15) is 5.75 Å². The van der Waals surface area contributed by atoms with Crippen molar-refractivity contribution in [3.8, 4) is 5.75 Å². The molecule has 3 N–H and O–H groups in total. The summed E-state index contributed by atoms with van der Waals surface area (Å²) in [5.41, 5.74) is 3.39. The fraction of sp³-hybridized carbons (Fsp3) is 0.115. The van der Waals surface area contributed by atoms with Gasteiger partial charge in [-0.3, -0.25) is 9.59 Å². The van der Waals surface area contributed by atoms with E-state index in [9.17, 15) is 14.4 Å². The molecular formula is C26H22N2O5. The van der Waals surface area contributed by atoms with E-state index in [0.29, 0.717) is 29.6 Å². The van der Waals surface area contributed by atoms with E-state index >= 15 is 0 Å². The number of fused-ring (bicyclic) bond motifs is 1. The van der Waals surface area contributed by atoms with Gasteiger partial charge in [-0.05, 0) is 65.0 Å². The number of hydrogen-bond acceptors (Lipinski definition) is 4. The van der Waals surface area contributed by atoms with Crippen LogP contribution in [0.15, 0.2) is 77.6 Å². The highest BCUT2D eigenvalue weighted by Crippen LogP contribution is 2.17. The molecule has 7 nitrogen and oxygen atoms in total. The predicted octanol–water partition coefficient (Wildman–Crippen LogP) is 3.76. The maximum absolute atomic E-state index is 12.7. The molecule has 1 amide bonds. The topological polar surface area (TPSA) is 108 Å². The zero-order valence-electron chi connectivity index (χ0n) is 17.9. The van der Waals surface area contributed by atoms with E-state index in [0.717, 1.165) is 22.3 Å². The standard InChI is InChI=1S/C26H22N2O5/c1-33-22-9-4-17(5-10-22)15-27-24(29)19-8-11-23-20(13-19)14-21(25(30)28-23)12-16-2-6-18(7-3-16)26(31)32/h2-11,13-14H,12,15H2,1H3,(H,27,29)(H,28,30)(H,31,32). The largest absolute Gasteiger partial charge is 0.497 e. The van der Waals surface area contributed by atoms with Gasteiger partial charge in [-0.25, -0.2) is 4.79 Å². The van der Waals surface area contributed by atoms with Crippen LogP contribution in [-0.4, -0.2) is 29.1 Å². The molecule has 0 atom stereocenters. The van der Waals surface area contributed by atoms with Crippen LogP contribution in [0.4, 0.5) is 0 Å². The van der Waals surface area contributed by atoms with Gasteiger partial charge in [0.25, 0.3) is 11.5 Å². The van der Waals surface area contributed by atoms with Crippen LogP contribution < -0.4 is 15.6 Å². The first kappa shape index (κ1) is 21.8. The molecule has 3 aromatic carbocycles. The van der Waals surface area contributed by atoms with Crippen LogP contribution in [0.1, 0.15) is 37.4 Å². The van der Waals surface area contributed by atoms with Gasteiger partial charge in [0.2, 0.25) is 0 Å². The van der Waals surface area contributed by atoms with Gasteiger partial charge in [-0.1, -0.05) is 24.3 Å². The van der Waals surface area contributed by atoms with Crippen molar-refractivity contribution in [1.82, 2.24) is 10.3 Å².